The lowest BCUT2D eigenvalue weighted by Crippen LogP contribution is -2.48. The van der Waals surface area contributed by atoms with Gasteiger partial charge in [-0.2, -0.15) is 0 Å². The second-order valence-corrected chi connectivity index (χ2v) is 6.19. The van der Waals surface area contributed by atoms with Crippen LogP contribution in [0.15, 0.2) is 18.2 Å². The number of halogens is 1. The molecule has 2 fully saturated rings. The predicted octanol–water partition coefficient (Wildman–Crippen LogP) is 1.53. The maximum atomic E-state index is 14.0. The third-order valence-electron chi connectivity index (χ3n) is 4.66. The molecule has 0 saturated carbocycles. The van der Waals surface area contributed by atoms with Crippen molar-refractivity contribution in [2.24, 2.45) is 5.92 Å². The van der Waals surface area contributed by atoms with Gasteiger partial charge < -0.3 is 16.0 Å². The zero-order valence-corrected chi connectivity index (χ0v) is 12.5. The quantitative estimate of drug-likeness (QED) is 0.829. The van der Waals surface area contributed by atoms with Gasteiger partial charge >= 0.3 is 0 Å². The summed E-state index contributed by atoms with van der Waals surface area (Å²) in [6.45, 7) is 7.33. The van der Waals surface area contributed by atoms with Crippen LogP contribution < -0.4 is 16.0 Å². The molecular formula is C16H25FN4. The summed E-state index contributed by atoms with van der Waals surface area (Å²) >= 11 is 0. The van der Waals surface area contributed by atoms with Crippen LogP contribution in [0.2, 0.25) is 0 Å². The molecule has 3 N–H and O–H groups in total. The van der Waals surface area contributed by atoms with Gasteiger partial charge in [0.25, 0.3) is 0 Å². The number of nitrogens with one attached hydrogen (secondary N) is 1. The normalized spacial score (nSPS) is 21.7. The predicted molar refractivity (Wildman–Crippen MR) is 85.1 cm³/mol. The average Bonchev–Trinajstić information content (AvgIpc) is 2.49. The van der Waals surface area contributed by atoms with Gasteiger partial charge in [-0.3, -0.25) is 4.90 Å². The molecule has 2 aliphatic heterocycles. The van der Waals surface area contributed by atoms with E-state index in [0.29, 0.717) is 11.4 Å². The number of anilines is 2. The second kappa shape index (κ2) is 6.62. The molecule has 0 amide bonds. The number of nitrogens with zero attached hydrogens (tertiary/aromatic N) is 2. The lowest BCUT2D eigenvalue weighted by Gasteiger charge is -2.38. The van der Waals surface area contributed by atoms with E-state index >= 15 is 0 Å². The molecule has 2 heterocycles. The van der Waals surface area contributed by atoms with Gasteiger partial charge in [0, 0.05) is 38.4 Å². The zero-order chi connectivity index (χ0) is 14.7. The molecule has 1 aromatic rings. The van der Waals surface area contributed by atoms with E-state index in [4.69, 9.17) is 5.73 Å². The molecule has 0 bridgehead atoms. The van der Waals surface area contributed by atoms with Crippen molar-refractivity contribution in [3.63, 3.8) is 0 Å². The van der Waals surface area contributed by atoms with E-state index in [0.717, 1.165) is 45.2 Å². The molecule has 0 aromatic heterocycles. The van der Waals surface area contributed by atoms with Gasteiger partial charge in [0.15, 0.2) is 0 Å². The molecule has 2 aliphatic rings. The molecule has 0 unspecified atom stereocenters. The van der Waals surface area contributed by atoms with Gasteiger partial charge in [0.2, 0.25) is 0 Å². The van der Waals surface area contributed by atoms with Crippen molar-refractivity contribution < 1.29 is 4.39 Å². The van der Waals surface area contributed by atoms with Crippen molar-refractivity contribution in [3.05, 3.63) is 24.0 Å². The number of nitrogen functional groups attached to an aromatic ring is 1. The van der Waals surface area contributed by atoms with E-state index in [1.165, 1.54) is 25.5 Å². The third kappa shape index (κ3) is 3.66. The average molecular weight is 292 g/mol. The Labute approximate surface area is 126 Å². The molecule has 0 spiro atoms. The Balaban J connectivity index is 1.52. The summed E-state index contributed by atoms with van der Waals surface area (Å²) in [4.78, 5) is 4.66. The number of hydrogen-bond donors (Lipinski definition) is 2. The third-order valence-corrected chi connectivity index (χ3v) is 4.66. The van der Waals surface area contributed by atoms with Crippen LogP contribution in [0.3, 0.4) is 0 Å². The number of piperazine rings is 1. The van der Waals surface area contributed by atoms with Crippen molar-refractivity contribution in [2.75, 3.05) is 56.4 Å². The van der Waals surface area contributed by atoms with Crippen LogP contribution in [0.1, 0.15) is 12.8 Å². The van der Waals surface area contributed by atoms with Gasteiger partial charge in [-0.25, -0.2) is 4.39 Å². The van der Waals surface area contributed by atoms with Gasteiger partial charge in [-0.15, -0.1) is 0 Å². The first kappa shape index (κ1) is 14.6. The van der Waals surface area contributed by atoms with Crippen molar-refractivity contribution in [1.29, 1.82) is 0 Å². The minimum atomic E-state index is -0.207. The fraction of sp³-hybridized carbons (Fsp3) is 0.625. The second-order valence-electron chi connectivity index (χ2n) is 6.19. The Morgan fingerprint density at radius 3 is 2.52 bits per heavy atom. The summed E-state index contributed by atoms with van der Waals surface area (Å²) in [6, 6.07) is 4.99. The van der Waals surface area contributed by atoms with E-state index in [2.05, 4.69) is 15.1 Å². The van der Waals surface area contributed by atoms with Crippen LogP contribution in [-0.2, 0) is 0 Å². The molecule has 21 heavy (non-hydrogen) atoms. The SMILES string of the molecule is Nc1ccc(N2CCN(CC3CCNCC3)CC2)c(F)c1. The molecule has 3 rings (SSSR count). The molecule has 0 atom stereocenters. The number of nitrogens with two attached hydrogens (primary N) is 1. The summed E-state index contributed by atoms with van der Waals surface area (Å²) in [6.07, 6.45) is 2.57. The monoisotopic (exact) mass is 292 g/mol. The van der Waals surface area contributed by atoms with E-state index in [1.54, 1.807) is 12.1 Å². The molecule has 1 aromatic carbocycles. The first-order valence-corrected chi connectivity index (χ1v) is 7.95. The van der Waals surface area contributed by atoms with Crippen LogP contribution in [-0.4, -0.2) is 50.7 Å². The maximum absolute atomic E-state index is 14.0. The lowest BCUT2D eigenvalue weighted by atomic mass is 9.97. The smallest absolute Gasteiger partial charge is 0.148 e. The number of hydrogen-bond acceptors (Lipinski definition) is 4. The Kier molecular flexibility index (Phi) is 4.60. The number of piperidine rings is 1. The molecule has 5 heteroatoms. The minimum absolute atomic E-state index is 0.207. The van der Waals surface area contributed by atoms with Crippen molar-refractivity contribution in [1.82, 2.24) is 10.2 Å². The molecule has 0 aliphatic carbocycles. The lowest BCUT2D eigenvalue weighted by molar-refractivity contribution is 0.196. The van der Waals surface area contributed by atoms with Gasteiger partial charge in [-0.05, 0) is 50.0 Å². The van der Waals surface area contributed by atoms with Crippen LogP contribution >= 0.6 is 0 Å². The fourth-order valence-electron chi connectivity index (χ4n) is 3.38. The Hall–Kier alpha value is -1.33. The van der Waals surface area contributed by atoms with Crippen LogP contribution in [0, 0.1) is 11.7 Å². The summed E-state index contributed by atoms with van der Waals surface area (Å²) in [5.74, 6) is 0.618. The summed E-state index contributed by atoms with van der Waals surface area (Å²) in [5.41, 5.74) is 6.78. The van der Waals surface area contributed by atoms with Crippen LogP contribution in [0.25, 0.3) is 0 Å². The van der Waals surface area contributed by atoms with E-state index < -0.39 is 0 Å². The largest absolute Gasteiger partial charge is 0.399 e. The molecule has 116 valence electrons. The Morgan fingerprint density at radius 2 is 1.86 bits per heavy atom. The molecule has 4 nitrogen and oxygen atoms in total. The number of rotatable bonds is 3. The molecule has 2 saturated heterocycles. The van der Waals surface area contributed by atoms with Crippen LogP contribution in [0.5, 0.6) is 0 Å². The standard InChI is InChI=1S/C16H25FN4/c17-15-11-14(18)1-2-16(15)21-9-7-20(8-10-21)12-13-3-5-19-6-4-13/h1-2,11,13,19H,3-10,12,18H2. The highest BCUT2D eigenvalue weighted by Gasteiger charge is 2.22. The summed E-state index contributed by atoms with van der Waals surface area (Å²) < 4.78 is 14.0. The Morgan fingerprint density at radius 1 is 1.14 bits per heavy atom. The van der Waals surface area contributed by atoms with Gasteiger partial charge in [0.05, 0.1) is 5.69 Å². The summed E-state index contributed by atoms with van der Waals surface area (Å²) in [7, 11) is 0. The highest BCUT2D eigenvalue weighted by molar-refractivity contribution is 5.54. The van der Waals surface area contributed by atoms with Gasteiger partial charge in [-0.1, -0.05) is 0 Å². The van der Waals surface area contributed by atoms with Crippen LogP contribution in [0.4, 0.5) is 15.8 Å². The fourth-order valence-corrected chi connectivity index (χ4v) is 3.38. The summed E-state index contributed by atoms with van der Waals surface area (Å²) in [5, 5.41) is 3.41. The molecular weight excluding hydrogens is 267 g/mol. The van der Waals surface area contributed by atoms with Crippen molar-refractivity contribution in [3.8, 4) is 0 Å². The van der Waals surface area contributed by atoms with Crippen molar-refractivity contribution >= 4 is 11.4 Å². The zero-order valence-electron chi connectivity index (χ0n) is 12.5. The Bertz CT molecular complexity index is 465. The van der Waals surface area contributed by atoms with E-state index in [1.807, 2.05) is 0 Å². The highest BCUT2D eigenvalue weighted by atomic mass is 19.1. The van der Waals surface area contributed by atoms with Crippen molar-refractivity contribution in [2.45, 2.75) is 12.8 Å². The first-order valence-electron chi connectivity index (χ1n) is 7.95. The maximum Gasteiger partial charge on any atom is 0.148 e. The molecule has 0 radical (unpaired) electrons. The van der Waals surface area contributed by atoms with E-state index in [9.17, 15) is 4.39 Å². The highest BCUT2D eigenvalue weighted by Crippen LogP contribution is 2.23. The van der Waals surface area contributed by atoms with Gasteiger partial charge in [0.1, 0.15) is 5.82 Å². The van der Waals surface area contributed by atoms with E-state index in [-0.39, 0.29) is 5.82 Å². The topological polar surface area (TPSA) is 44.5 Å². The first-order chi connectivity index (χ1) is 10.2. The number of benzene rings is 1. The minimum Gasteiger partial charge on any atom is -0.399 e.